The van der Waals surface area contributed by atoms with Gasteiger partial charge in [0.15, 0.2) is 0 Å². The van der Waals surface area contributed by atoms with Crippen LogP contribution in [0, 0.1) is 5.92 Å². The van der Waals surface area contributed by atoms with Gasteiger partial charge in [-0.1, -0.05) is 6.07 Å². The van der Waals surface area contributed by atoms with Crippen molar-refractivity contribution >= 4 is 33.6 Å². The topological polar surface area (TPSA) is 87.7 Å². The molecule has 0 spiro atoms. The highest BCUT2D eigenvalue weighted by Gasteiger charge is 2.35. The molecule has 0 atom stereocenters. The zero-order valence-corrected chi connectivity index (χ0v) is 12.4. The molecule has 108 valence electrons. The van der Waals surface area contributed by atoms with Crippen LogP contribution in [0.25, 0.3) is 0 Å². The number of hydrogen-bond donors (Lipinski definition) is 3. The van der Waals surface area contributed by atoms with Gasteiger partial charge in [0.2, 0.25) is 0 Å². The van der Waals surface area contributed by atoms with Gasteiger partial charge < -0.3 is 20.5 Å². The number of carbonyl (C=O) groups is 2. The molecule has 0 saturated heterocycles. The number of halogens is 1. The molecule has 1 aromatic rings. The molecule has 3 N–H and O–H groups in total. The molecule has 2 amide bonds. The number of ether oxygens (including phenoxy) is 1. The van der Waals surface area contributed by atoms with Gasteiger partial charge in [-0.2, -0.15) is 0 Å². The third-order valence-electron chi connectivity index (χ3n) is 3.25. The maximum Gasteiger partial charge on any atom is 0.319 e. The number of nitrogens with one attached hydrogen (secondary N) is 2. The summed E-state index contributed by atoms with van der Waals surface area (Å²) in [6, 6.07) is 4.85. The van der Waals surface area contributed by atoms with Crippen molar-refractivity contribution in [3.63, 3.8) is 0 Å². The zero-order chi connectivity index (χ0) is 14.7. The fraction of sp³-hybridized carbons (Fsp3) is 0.385. The quantitative estimate of drug-likeness (QED) is 0.784. The molecular formula is C13H15BrN2O4. The van der Waals surface area contributed by atoms with Crippen LogP contribution >= 0.6 is 15.9 Å². The molecule has 0 aromatic heterocycles. The second-order valence-electron chi connectivity index (χ2n) is 4.62. The molecule has 1 fully saturated rings. The molecule has 0 heterocycles. The standard InChI is InChI=1S/C13H15BrN2O4/c1-20-10-4-2-3-9(11(10)14)16-13(19)15-8-5-7(6-8)12(17)18/h2-4,7-8H,5-6H2,1H3,(H,17,18)(H2,15,16,19). The first kappa shape index (κ1) is 14.6. The lowest BCUT2D eigenvalue weighted by molar-refractivity contribution is -0.145. The van der Waals surface area contributed by atoms with Crippen LogP contribution in [0.2, 0.25) is 0 Å². The number of anilines is 1. The number of amides is 2. The Morgan fingerprint density at radius 3 is 2.70 bits per heavy atom. The molecule has 0 aliphatic heterocycles. The van der Waals surface area contributed by atoms with Crippen molar-refractivity contribution in [1.82, 2.24) is 5.32 Å². The summed E-state index contributed by atoms with van der Waals surface area (Å²) in [5.41, 5.74) is 0.593. The Hall–Kier alpha value is -1.76. The maximum atomic E-state index is 11.8. The Kier molecular flexibility index (Phi) is 4.49. The van der Waals surface area contributed by atoms with E-state index < -0.39 is 5.97 Å². The van der Waals surface area contributed by atoms with Crippen molar-refractivity contribution in [2.45, 2.75) is 18.9 Å². The van der Waals surface area contributed by atoms with Gasteiger partial charge in [-0.25, -0.2) is 4.79 Å². The minimum atomic E-state index is -0.806. The Balaban J connectivity index is 1.88. The molecule has 1 aliphatic carbocycles. The number of carboxylic acid groups (broad SMARTS) is 1. The van der Waals surface area contributed by atoms with Crippen molar-refractivity contribution in [2.24, 2.45) is 5.92 Å². The Morgan fingerprint density at radius 2 is 2.10 bits per heavy atom. The van der Waals surface area contributed by atoms with Crippen LogP contribution in [0.15, 0.2) is 22.7 Å². The van der Waals surface area contributed by atoms with Crippen LogP contribution in [0.3, 0.4) is 0 Å². The van der Waals surface area contributed by atoms with Crippen LogP contribution in [-0.4, -0.2) is 30.3 Å². The monoisotopic (exact) mass is 342 g/mol. The van der Waals surface area contributed by atoms with E-state index >= 15 is 0 Å². The fourth-order valence-corrected chi connectivity index (χ4v) is 2.57. The van der Waals surface area contributed by atoms with Gasteiger partial charge >= 0.3 is 12.0 Å². The van der Waals surface area contributed by atoms with Gasteiger partial charge in [0.25, 0.3) is 0 Å². The Labute approximate surface area is 124 Å². The number of rotatable bonds is 4. The van der Waals surface area contributed by atoms with Crippen molar-refractivity contribution in [1.29, 1.82) is 0 Å². The molecule has 0 bridgehead atoms. The highest BCUT2D eigenvalue weighted by molar-refractivity contribution is 9.10. The number of hydrogen-bond acceptors (Lipinski definition) is 3. The fourth-order valence-electron chi connectivity index (χ4n) is 2.05. The summed E-state index contributed by atoms with van der Waals surface area (Å²) in [4.78, 5) is 22.5. The van der Waals surface area contributed by atoms with E-state index in [1.807, 2.05) is 0 Å². The zero-order valence-electron chi connectivity index (χ0n) is 10.9. The van der Waals surface area contributed by atoms with Crippen LogP contribution < -0.4 is 15.4 Å². The first-order chi connectivity index (χ1) is 9.51. The maximum absolute atomic E-state index is 11.8. The minimum absolute atomic E-state index is 0.0829. The Bertz CT molecular complexity index is 529. The van der Waals surface area contributed by atoms with E-state index in [0.29, 0.717) is 28.8 Å². The van der Waals surface area contributed by atoms with E-state index in [0.717, 1.165) is 0 Å². The normalized spacial score (nSPS) is 20.7. The summed E-state index contributed by atoms with van der Waals surface area (Å²) in [7, 11) is 1.55. The predicted molar refractivity (Wildman–Crippen MR) is 77.0 cm³/mol. The summed E-state index contributed by atoms with van der Waals surface area (Å²) >= 11 is 3.35. The molecule has 0 radical (unpaired) electrons. The molecule has 1 aromatic carbocycles. The number of urea groups is 1. The molecule has 2 rings (SSSR count). The molecule has 0 unspecified atom stereocenters. The number of methoxy groups -OCH3 is 1. The van der Waals surface area contributed by atoms with Crippen molar-refractivity contribution in [2.75, 3.05) is 12.4 Å². The lowest BCUT2D eigenvalue weighted by Crippen LogP contribution is -2.48. The highest BCUT2D eigenvalue weighted by atomic mass is 79.9. The minimum Gasteiger partial charge on any atom is -0.495 e. The molecule has 1 saturated carbocycles. The SMILES string of the molecule is COc1cccc(NC(=O)NC2CC(C(=O)O)C2)c1Br. The van der Waals surface area contributed by atoms with E-state index in [1.165, 1.54) is 0 Å². The van der Waals surface area contributed by atoms with E-state index in [-0.39, 0.29) is 18.0 Å². The van der Waals surface area contributed by atoms with Gasteiger partial charge in [0.1, 0.15) is 5.75 Å². The average Bonchev–Trinajstić information content (AvgIpc) is 2.35. The second kappa shape index (κ2) is 6.13. The lowest BCUT2D eigenvalue weighted by Gasteiger charge is -2.32. The number of benzene rings is 1. The lowest BCUT2D eigenvalue weighted by atomic mass is 9.80. The Morgan fingerprint density at radius 1 is 1.40 bits per heavy atom. The van der Waals surface area contributed by atoms with E-state index in [1.54, 1.807) is 25.3 Å². The molecular weight excluding hydrogens is 328 g/mol. The molecule has 1 aliphatic rings. The number of carbonyl (C=O) groups excluding carboxylic acids is 1. The summed E-state index contributed by atoms with van der Waals surface area (Å²) in [5.74, 6) is -0.528. The smallest absolute Gasteiger partial charge is 0.319 e. The van der Waals surface area contributed by atoms with Gasteiger partial charge in [0, 0.05) is 6.04 Å². The van der Waals surface area contributed by atoms with Crippen molar-refractivity contribution in [3.8, 4) is 5.75 Å². The van der Waals surface area contributed by atoms with Gasteiger partial charge in [-0.15, -0.1) is 0 Å². The molecule has 6 nitrogen and oxygen atoms in total. The average molecular weight is 343 g/mol. The summed E-state index contributed by atoms with van der Waals surface area (Å²) < 4.78 is 5.80. The van der Waals surface area contributed by atoms with Gasteiger partial charge in [-0.05, 0) is 40.9 Å². The van der Waals surface area contributed by atoms with E-state index in [9.17, 15) is 9.59 Å². The summed E-state index contributed by atoms with van der Waals surface area (Å²) in [5, 5.41) is 14.2. The highest BCUT2D eigenvalue weighted by Crippen LogP contribution is 2.32. The van der Waals surface area contributed by atoms with Crippen LogP contribution in [-0.2, 0) is 4.79 Å². The van der Waals surface area contributed by atoms with Crippen LogP contribution in [0.5, 0.6) is 5.75 Å². The second-order valence-corrected chi connectivity index (χ2v) is 5.42. The first-order valence-electron chi connectivity index (χ1n) is 6.14. The van der Waals surface area contributed by atoms with E-state index in [2.05, 4.69) is 26.6 Å². The molecule has 20 heavy (non-hydrogen) atoms. The van der Waals surface area contributed by atoms with Gasteiger partial charge in [0.05, 0.1) is 23.2 Å². The molecule has 7 heteroatoms. The first-order valence-corrected chi connectivity index (χ1v) is 6.93. The largest absolute Gasteiger partial charge is 0.495 e. The number of carboxylic acids is 1. The van der Waals surface area contributed by atoms with E-state index in [4.69, 9.17) is 9.84 Å². The number of aliphatic carboxylic acids is 1. The summed E-state index contributed by atoms with van der Waals surface area (Å²) in [6.07, 6.45) is 0.948. The van der Waals surface area contributed by atoms with Gasteiger partial charge in [-0.3, -0.25) is 4.79 Å². The predicted octanol–water partition coefficient (Wildman–Crippen LogP) is 2.44. The summed E-state index contributed by atoms with van der Waals surface area (Å²) in [6.45, 7) is 0. The third-order valence-corrected chi connectivity index (χ3v) is 4.07. The van der Waals surface area contributed by atoms with Crippen LogP contribution in [0.4, 0.5) is 10.5 Å². The van der Waals surface area contributed by atoms with Crippen molar-refractivity contribution in [3.05, 3.63) is 22.7 Å². The van der Waals surface area contributed by atoms with Crippen LogP contribution in [0.1, 0.15) is 12.8 Å². The third kappa shape index (κ3) is 3.22. The van der Waals surface area contributed by atoms with Crippen molar-refractivity contribution < 1.29 is 19.4 Å².